The van der Waals surface area contributed by atoms with Gasteiger partial charge >= 0.3 is 0 Å². The van der Waals surface area contributed by atoms with Crippen LogP contribution in [0.4, 0.5) is 0 Å². The summed E-state index contributed by atoms with van der Waals surface area (Å²) in [6.07, 6.45) is 4.63. The second-order valence-electron chi connectivity index (χ2n) is 2.10. The zero-order valence-corrected chi connectivity index (χ0v) is 7.37. The molecule has 0 aliphatic rings. The van der Waals surface area contributed by atoms with Crippen LogP contribution in [0.1, 0.15) is 20.3 Å². The standard InChI is InChI=1S/C6H7NO.C3H8/c1-8-6-3-2-4-7-5-6;1-3-2/h2-5H,1H3;3H2,1-2H3. The van der Waals surface area contributed by atoms with E-state index in [4.69, 9.17) is 4.74 Å². The topological polar surface area (TPSA) is 22.1 Å². The summed E-state index contributed by atoms with van der Waals surface area (Å²) in [5, 5.41) is 0. The van der Waals surface area contributed by atoms with E-state index < -0.39 is 0 Å². The molecule has 0 fully saturated rings. The summed E-state index contributed by atoms with van der Waals surface area (Å²) >= 11 is 0. The van der Waals surface area contributed by atoms with Crippen LogP contribution in [0, 0.1) is 0 Å². The Morgan fingerprint density at radius 3 is 2.36 bits per heavy atom. The third kappa shape index (κ3) is 5.40. The number of methoxy groups -OCH3 is 1. The van der Waals surface area contributed by atoms with Gasteiger partial charge in [-0.2, -0.15) is 0 Å². The molecule has 0 spiro atoms. The average molecular weight is 153 g/mol. The minimum absolute atomic E-state index is 0.799. The van der Waals surface area contributed by atoms with Crippen molar-refractivity contribution in [3.8, 4) is 5.75 Å². The second-order valence-corrected chi connectivity index (χ2v) is 2.10. The fraction of sp³-hybridized carbons (Fsp3) is 0.444. The fourth-order valence-corrected chi connectivity index (χ4v) is 0.468. The van der Waals surface area contributed by atoms with Gasteiger partial charge in [0.05, 0.1) is 13.3 Å². The molecule has 1 aromatic rings. The van der Waals surface area contributed by atoms with Gasteiger partial charge < -0.3 is 4.74 Å². The molecule has 0 bridgehead atoms. The van der Waals surface area contributed by atoms with Gasteiger partial charge in [-0.15, -0.1) is 0 Å². The molecule has 0 atom stereocenters. The van der Waals surface area contributed by atoms with E-state index in [2.05, 4.69) is 18.8 Å². The van der Waals surface area contributed by atoms with Crippen LogP contribution in [0.25, 0.3) is 0 Å². The summed E-state index contributed by atoms with van der Waals surface area (Å²) < 4.78 is 4.85. The number of rotatable bonds is 1. The Morgan fingerprint density at radius 2 is 2.09 bits per heavy atom. The number of pyridine rings is 1. The lowest BCUT2D eigenvalue weighted by Gasteiger charge is -1.93. The van der Waals surface area contributed by atoms with Crippen molar-refractivity contribution < 1.29 is 4.74 Å². The molecule has 1 aromatic heterocycles. The zero-order valence-electron chi connectivity index (χ0n) is 7.37. The minimum Gasteiger partial charge on any atom is -0.495 e. The van der Waals surface area contributed by atoms with Crippen molar-refractivity contribution in [2.45, 2.75) is 20.3 Å². The van der Waals surface area contributed by atoms with Crippen LogP contribution < -0.4 is 4.74 Å². The van der Waals surface area contributed by atoms with Gasteiger partial charge in [-0.3, -0.25) is 4.98 Å². The third-order valence-electron chi connectivity index (χ3n) is 0.870. The normalized spacial score (nSPS) is 7.91. The van der Waals surface area contributed by atoms with Crippen LogP contribution >= 0.6 is 0 Å². The van der Waals surface area contributed by atoms with Gasteiger partial charge in [-0.25, -0.2) is 0 Å². The van der Waals surface area contributed by atoms with E-state index in [0.717, 1.165) is 5.75 Å². The Morgan fingerprint density at radius 1 is 1.45 bits per heavy atom. The lowest BCUT2D eigenvalue weighted by atomic mass is 10.5. The van der Waals surface area contributed by atoms with Crippen LogP contribution in [0.3, 0.4) is 0 Å². The summed E-state index contributed by atoms with van der Waals surface area (Å²) in [6.45, 7) is 4.25. The van der Waals surface area contributed by atoms with Gasteiger partial charge in [-0.05, 0) is 12.1 Å². The number of ether oxygens (including phenoxy) is 1. The monoisotopic (exact) mass is 153 g/mol. The van der Waals surface area contributed by atoms with Crippen molar-refractivity contribution in [2.24, 2.45) is 0 Å². The lowest BCUT2D eigenvalue weighted by Crippen LogP contribution is -1.80. The molecule has 0 aliphatic heterocycles. The first-order chi connectivity index (χ1) is 5.35. The van der Waals surface area contributed by atoms with Gasteiger partial charge in [0.25, 0.3) is 0 Å². The molecule has 2 heteroatoms. The van der Waals surface area contributed by atoms with E-state index in [1.165, 1.54) is 6.42 Å². The van der Waals surface area contributed by atoms with Crippen molar-refractivity contribution in [3.63, 3.8) is 0 Å². The summed E-state index contributed by atoms with van der Waals surface area (Å²) in [7, 11) is 1.62. The summed E-state index contributed by atoms with van der Waals surface area (Å²) in [4.78, 5) is 3.83. The van der Waals surface area contributed by atoms with Gasteiger partial charge in [0.15, 0.2) is 0 Å². The smallest absolute Gasteiger partial charge is 0.137 e. The average Bonchev–Trinajstić information content (AvgIpc) is 2.08. The lowest BCUT2D eigenvalue weighted by molar-refractivity contribution is 0.413. The molecular weight excluding hydrogens is 138 g/mol. The number of nitrogens with zero attached hydrogens (tertiary/aromatic N) is 1. The fourth-order valence-electron chi connectivity index (χ4n) is 0.468. The third-order valence-corrected chi connectivity index (χ3v) is 0.870. The zero-order chi connectivity index (χ0) is 8.53. The SMILES string of the molecule is CCC.COc1cccnc1. The first kappa shape index (κ1) is 9.95. The molecule has 0 N–H and O–H groups in total. The highest BCUT2D eigenvalue weighted by Crippen LogP contribution is 2.02. The highest BCUT2D eigenvalue weighted by Gasteiger charge is 1.81. The second kappa shape index (κ2) is 7.06. The van der Waals surface area contributed by atoms with Crippen LogP contribution in [0.2, 0.25) is 0 Å². The molecule has 0 aliphatic carbocycles. The van der Waals surface area contributed by atoms with Crippen molar-refractivity contribution in [3.05, 3.63) is 24.5 Å². The highest BCUT2D eigenvalue weighted by atomic mass is 16.5. The van der Waals surface area contributed by atoms with Gasteiger partial charge in [-0.1, -0.05) is 20.3 Å². The predicted octanol–water partition coefficient (Wildman–Crippen LogP) is 2.51. The van der Waals surface area contributed by atoms with E-state index >= 15 is 0 Å². The molecule has 0 unspecified atom stereocenters. The van der Waals surface area contributed by atoms with Gasteiger partial charge in [0.2, 0.25) is 0 Å². The largest absolute Gasteiger partial charge is 0.495 e. The van der Waals surface area contributed by atoms with E-state index in [0.29, 0.717) is 0 Å². The summed E-state index contributed by atoms with van der Waals surface area (Å²) in [5.74, 6) is 0.799. The Hall–Kier alpha value is -1.05. The van der Waals surface area contributed by atoms with E-state index in [1.54, 1.807) is 19.5 Å². The van der Waals surface area contributed by atoms with Crippen molar-refractivity contribution in [2.75, 3.05) is 7.11 Å². The summed E-state index contributed by atoms with van der Waals surface area (Å²) in [5.41, 5.74) is 0. The van der Waals surface area contributed by atoms with Crippen LogP contribution in [-0.4, -0.2) is 12.1 Å². The van der Waals surface area contributed by atoms with Crippen molar-refractivity contribution >= 4 is 0 Å². The van der Waals surface area contributed by atoms with E-state index in [9.17, 15) is 0 Å². The molecule has 1 heterocycles. The molecule has 0 saturated carbocycles. The number of aromatic nitrogens is 1. The van der Waals surface area contributed by atoms with Gasteiger partial charge in [0.1, 0.15) is 5.75 Å². The highest BCUT2D eigenvalue weighted by molar-refractivity contribution is 5.14. The predicted molar refractivity (Wildman–Crippen MR) is 46.8 cm³/mol. The maximum absolute atomic E-state index is 4.85. The van der Waals surface area contributed by atoms with Crippen molar-refractivity contribution in [1.29, 1.82) is 0 Å². The quantitative estimate of drug-likeness (QED) is 0.618. The molecule has 1 rings (SSSR count). The van der Waals surface area contributed by atoms with E-state index in [-0.39, 0.29) is 0 Å². The molecule has 0 radical (unpaired) electrons. The maximum Gasteiger partial charge on any atom is 0.137 e. The first-order valence-electron chi connectivity index (χ1n) is 3.79. The van der Waals surface area contributed by atoms with Crippen LogP contribution in [0.15, 0.2) is 24.5 Å². The molecule has 2 nitrogen and oxygen atoms in total. The Labute approximate surface area is 68.2 Å². The minimum atomic E-state index is 0.799. The Bertz CT molecular complexity index is 162. The molecule has 0 saturated heterocycles. The molecule has 11 heavy (non-hydrogen) atoms. The van der Waals surface area contributed by atoms with Gasteiger partial charge in [0, 0.05) is 6.20 Å². The Kier molecular flexibility index (Phi) is 6.39. The van der Waals surface area contributed by atoms with Crippen molar-refractivity contribution in [1.82, 2.24) is 4.98 Å². The Balaban J connectivity index is 0.000000292. The van der Waals surface area contributed by atoms with Crippen LogP contribution in [-0.2, 0) is 0 Å². The number of hydrogen-bond acceptors (Lipinski definition) is 2. The summed E-state index contributed by atoms with van der Waals surface area (Å²) in [6, 6.07) is 3.69. The molecular formula is C9H15NO. The first-order valence-corrected chi connectivity index (χ1v) is 3.79. The maximum atomic E-state index is 4.85. The molecule has 0 amide bonds. The van der Waals surface area contributed by atoms with Crippen LogP contribution in [0.5, 0.6) is 5.75 Å². The molecule has 62 valence electrons. The molecule has 0 aromatic carbocycles. The number of hydrogen-bond donors (Lipinski definition) is 0. The van der Waals surface area contributed by atoms with E-state index in [1.807, 2.05) is 12.1 Å².